The molecule has 0 N–H and O–H groups in total. The highest BCUT2D eigenvalue weighted by Crippen LogP contribution is 2.29. The highest BCUT2D eigenvalue weighted by molar-refractivity contribution is 5.37. The van der Waals surface area contributed by atoms with Crippen LogP contribution in [-0.4, -0.2) is 0 Å². The molecule has 0 saturated heterocycles. The van der Waals surface area contributed by atoms with Crippen LogP contribution in [0.2, 0.25) is 0 Å². The second kappa shape index (κ2) is 3.78. The standard InChI is InChI=1S/C13H16/c1-2-6-11-8-5-9-12-7-3-4-10-13(11)12/h3-5,7-8,10-11H,2,6,9H2,1H3. The van der Waals surface area contributed by atoms with E-state index in [0.717, 1.165) is 6.42 Å². The maximum atomic E-state index is 2.37. The van der Waals surface area contributed by atoms with E-state index in [2.05, 4.69) is 43.3 Å². The van der Waals surface area contributed by atoms with Crippen molar-refractivity contribution >= 4 is 0 Å². The Morgan fingerprint density at radius 2 is 2.15 bits per heavy atom. The van der Waals surface area contributed by atoms with Gasteiger partial charge in [-0.2, -0.15) is 0 Å². The molecule has 1 aromatic rings. The summed E-state index contributed by atoms with van der Waals surface area (Å²) in [6.45, 7) is 2.26. The van der Waals surface area contributed by atoms with E-state index in [1.807, 2.05) is 0 Å². The number of hydrogen-bond donors (Lipinski definition) is 0. The number of fused-ring (bicyclic) bond motifs is 1. The summed E-state index contributed by atoms with van der Waals surface area (Å²) in [7, 11) is 0. The minimum atomic E-state index is 0.676. The van der Waals surface area contributed by atoms with Crippen molar-refractivity contribution in [3.05, 3.63) is 47.5 Å². The van der Waals surface area contributed by atoms with Crippen molar-refractivity contribution in [3.63, 3.8) is 0 Å². The van der Waals surface area contributed by atoms with Crippen molar-refractivity contribution in [1.29, 1.82) is 0 Å². The first-order chi connectivity index (χ1) is 6.42. The molecule has 1 atom stereocenters. The number of allylic oxidation sites excluding steroid dienone is 2. The molecule has 13 heavy (non-hydrogen) atoms. The van der Waals surface area contributed by atoms with Crippen LogP contribution >= 0.6 is 0 Å². The van der Waals surface area contributed by atoms with Crippen molar-refractivity contribution in [3.8, 4) is 0 Å². The normalized spacial score (nSPS) is 19.9. The zero-order valence-electron chi connectivity index (χ0n) is 8.16. The van der Waals surface area contributed by atoms with Gasteiger partial charge >= 0.3 is 0 Å². The molecule has 0 spiro atoms. The second-order valence-electron chi connectivity index (χ2n) is 3.73. The molecule has 0 aromatic heterocycles. The molecule has 68 valence electrons. The first-order valence-corrected chi connectivity index (χ1v) is 5.16. The molecular weight excluding hydrogens is 156 g/mol. The van der Waals surface area contributed by atoms with E-state index in [4.69, 9.17) is 0 Å². The second-order valence-corrected chi connectivity index (χ2v) is 3.73. The summed E-state index contributed by atoms with van der Waals surface area (Å²) in [4.78, 5) is 0. The van der Waals surface area contributed by atoms with Gasteiger partial charge in [-0.3, -0.25) is 0 Å². The first-order valence-electron chi connectivity index (χ1n) is 5.16. The molecule has 0 amide bonds. The summed E-state index contributed by atoms with van der Waals surface area (Å²) in [6, 6.07) is 8.82. The van der Waals surface area contributed by atoms with E-state index in [0.29, 0.717) is 5.92 Å². The largest absolute Gasteiger partial charge is 0.0835 e. The molecule has 1 aliphatic carbocycles. The molecule has 1 aliphatic rings. The topological polar surface area (TPSA) is 0 Å². The molecule has 1 unspecified atom stereocenters. The smallest absolute Gasteiger partial charge is 0.00208 e. The van der Waals surface area contributed by atoms with Gasteiger partial charge in [0.1, 0.15) is 0 Å². The van der Waals surface area contributed by atoms with Crippen LogP contribution in [0.25, 0.3) is 0 Å². The van der Waals surface area contributed by atoms with Gasteiger partial charge in [-0.05, 0) is 24.0 Å². The van der Waals surface area contributed by atoms with Crippen molar-refractivity contribution in [2.24, 2.45) is 0 Å². The summed E-state index contributed by atoms with van der Waals surface area (Å²) >= 11 is 0. The Morgan fingerprint density at radius 1 is 1.31 bits per heavy atom. The third-order valence-corrected chi connectivity index (χ3v) is 2.76. The van der Waals surface area contributed by atoms with Crippen LogP contribution in [-0.2, 0) is 6.42 Å². The van der Waals surface area contributed by atoms with Gasteiger partial charge in [0.05, 0.1) is 0 Å². The molecule has 0 heterocycles. The van der Waals surface area contributed by atoms with E-state index in [1.165, 1.54) is 18.4 Å². The number of benzene rings is 1. The highest BCUT2D eigenvalue weighted by Gasteiger charge is 2.13. The quantitative estimate of drug-likeness (QED) is 0.597. The van der Waals surface area contributed by atoms with Crippen LogP contribution in [0, 0.1) is 0 Å². The van der Waals surface area contributed by atoms with Crippen LogP contribution in [0.1, 0.15) is 36.8 Å². The van der Waals surface area contributed by atoms with Gasteiger partial charge in [-0.15, -0.1) is 0 Å². The summed E-state index contributed by atoms with van der Waals surface area (Å²) in [5.74, 6) is 0.676. The maximum absolute atomic E-state index is 2.37. The van der Waals surface area contributed by atoms with Crippen molar-refractivity contribution in [2.45, 2.75) is 32.1 Å². The fourth-order valence-electron chi connectivity index (χ4n) is 2.11. The lowest BCUT2D eigenvalue weighted by molar-refractivity contribution is 0.702. The predicted octanol–water partition coefficient (Wildman–Crippen LogP) is 3.68. The van der Waals surface area contributed by atoms with E-state index in [9.17, 15) is 0 Å². The Bertz CT molecular complexity index is 310. The van der Waals surface area contributed by atoms with Gasteiger partial charge < -0.3 is 0 Å². The fraction of sp³-hybridized carbons (Fsp3) is 0.385. The van der Waals surface area contributed by atoms with Crippen molar-refractivity contribution in [2.75, 3.05) is 0 Å². The molecule has 0 nitrogen and oxygen atoms in total. The van der Waals surface area contributed by atoms with E-state index in [-0.39, 0.29) is 0 Å². The van der Waals surface area contributed by atoms with Crippen molar-refractivity contribution in [1.82, 2.24) is 0 Å². The average molecular weight is 172 g/mol. The van der Waals surface area contributed by atoms with Crippen LogP contribution in [0.5, 0.6) is 0 Å². The molecular formula is C13H16. The first kappa shape index (κ1) is 8.55. The van der Waals surface area contributed by atoms with Crippen LogP contribution in [0.3, 0.4) is 0 Å². The molecule has 2 rings (SSSR count). The average Bonchev–Trinajstić information content (AvgIpc) is 2.19. The van der Waals surface area contributed by atoms with Gasteiger partial charge in [0, 0.05) is 5.92 Å². The predicted molar refractivity (Wildman–Crippen MR) is 56.9 cm³/mol. The van der Waals surface area contributed by atoms with Gasteiger partial charge in [-0.25, -0.2) is 0 Å². The Balaban J connectivity index is 2.31. The summed E-state index contributed by atoms with van der Waals surface area (Å²) in [5.41, 5.74) is 3.07. The number of rotatable bonds is 2. The lowest BCUT2D eigenvalue weighted by Crippen LogP contribution is -2.04. The lowest BCUT2D eigenvalue weighted by atomic mass is 9.85. The molecule has 0 fully saturated rings. The summed E-state index contributed by atoms with van der Waals surface area (Å²) in [6.07, 6.45) is 8.35. The third-order valence-electron chi connectivity index (χ3n) is 2.76. The van der Waals surface area contributed by atoms with Crippen LogP contribution in [0.15, 0.2) is 36.4 Å². The molecule has 1 aromatic carbocycles. The molecule has 0 heteroatoms. The lowest BCUT2D eigenvalue weighted by Gasteiger charge is -2.19. The van der Waals surface area contributed by atoms with E-state index < -0.39 is 0 Å². The minimum absolute atomic E-state index is 0.676. The monoisotopic (exact) mass is 172 g/mol. The molecule has 0 saturated carbocycles. The summed E-state index contributed by atoms with van der Waals surface area (Å²) in [5, 5.41) is 0. The Kier molecular flexibility index (Phi) is 2.49. The van der Waals surface area contributed by atoms with E-state index >= 15 is 0 Å². The van der Waals surface area contributed by atoms with Crippen molar-refractivity contribution < 1.29 is 0 Å². The zero-order chi connectivity index (χ0) is 9.10. The highest BCUT2D eigenvalue weighted by atomic mass is 14.2. The Labute approximate surface area is 80.3 Å². The van der Waals surface area contributed by atoms with Gasteiger partial charge in [0.25, 0.3) is 0 Å². The summed E-state index contributed by atoms with van der Waals surface area (Å²) < 4.78 is 0. The third kappa shape index (κ3) is 1.67. The zero-order valence-corrected chi connectivity index (χ0v) is 8.16. The maximum Gasteiger partial charge on any atom is 0.00208 e. The number of hydrogen-bond acceptors (Lipinski definition) is 0. The fourth-order valence-corrected chi connectivity index (χ4v) is 2.11. The van der Waals surface area contributed by atoms with Gasteiger partial charge in [-0.1, -0.05) is 49.8 Å². The van der Waals surface area contributed by atoms with Gasteiger partial charge in [0.15, 0.2) is 0 Å². The van der Waals surface area contributed by atoms with Crippen LogP contribution in [0.4, 0.5) is 0 Å². The Hall–Kier alpha value is -1.04. The molecule has 0 bridgehead atoms. The SMILES string of the molecule is CCCC1C=CCc2ccccc21. The van der Waals surface area contributed by atoms with E-state index in [1.54, 1.807) is 5.56 Å². The van der Waals surface area contributed by atoms with Crippen LogP contribution < -0.4 is 0 Å². The molecule has 0 radical (unpaired) electrons. The molecule has 0 aliphatic heterocycles. The minimum Gasteiger partial charge on any atom is -0.0835 e. The van der Waals surface area contributed by atoms with Gasteiger partial charge in [0.2, 0.25) is 0 Å². The Morgan fingerprint density at radius 3 is 3.00 bits per heavy atom.